The summed E-state index contributed by atoms with van der Waals surface area (Å²) in [5, 5.41) is 10.9. The smallest absolute Gasteiger partial charge is 0.352 e. The topological polar surface area (TPSA) is 88.8 Å². The number of amides is 1. The number of likely N-dealkylation sites (tertiary alicyclic amines) is 1. The molecule has 1 amide bonds. The summed E-state index contributed by atoms with van der Waals surface area (Å²) in [6, 6.07) is 2.61. The monoisotopic (exact) mass is 477 g/mol. The lowest BCUT2D eigenvalue weighted by Gasteiger charge is -2.40. The maximum Gasteiger partial charge on any atom is 0.419 e. The number of aryl methyl sites for hydroxylation is 1. The maximum absolute atomic E-state index is 14.9. The van der Waals surface area contributed by atoms with Crippen LogP contribution in [0.25, 0.3) is 5.69 Å². The number of nitrogens with one attached hydrogen (secondary N) is 1. The molecule has 2 atom stereocenters. The van der Waals surface area contributed by atoms with Gasteiger partial charge in [0.05, 0.1) is 29.6 Å². The van der Waals surface area contributed by atoms with E-state index in [4.69, 9.17) is 0 Å². The van der Waals surface area contributed by atoms with Crippen LogP contribution in [0.3, 0.4) is 0 Å². The van der Waals surface area contributed by atoms with Crippen LogP contribution in [-0.2, 0) is 6.18 Å². The van der Waals surface area contributed by atoms with Crippen molar-refractivity contribution in [1.29, 1.82) is 0 Å². The number of hydrogen-bond donors (Lipinski definition) is 1. The number of benzene rings is 1. The lowest BCUT2D eigenvalue weighted by molar-refractivity contribution is -0.138. The van der Waals surface area contributed by atoms with Crippen LogP contribution in [0, 0.1) is 18.7 Å². The molecule has 12 heteroatoms. The predicted molar refractivity (Wildman–Crippen MR) is 115 cm³/mol. The fourth-order valence-electron chi connectivity index (χ4n) is 4.16. The molecule has 1 fully saturated rings. The number of halogens is 4. The Kier molecular flexibility index (Phi) is 6.49. The van der Waals surface area contributed by atoms with Gasteiger partial charge in [0, 0.05) is 25.5 Å². The van der Waals surface area contributed by atoms with Crippen molar-refractivity contribution in [1.82, 2.24) is 29.9 Å². The van der Waals surface area contributed by atoms with Gasteiger partial charge in [-0.1, -0.05) is 6.92 Å². The first-order chi connectivity index (χ1) is 16.1. The standard InChI is InChI=1S/C22H23F4N7O/c1-13-8-16(19(17(23)9-13)33-30-5-6-31-33)20(34)32-7-3-4-14(2)18(32)12-29-21-27-10-15(11-28-21)22(24,25)26/h5-6,8-11,14,18H,3-4,7,12H2,1-2H3,(H,27,28,29)/t14-,18-/m1/s1. The second-order valence-electron chi connectivity index (χ2n) is 8.32. The Labute approximate surface area is 193 Å². The Balaban J connectivity index is 1.59. The molecular weight excluding hydrogens is 454 g/mol. The Morgan fingerprint density at radius 1 is 1.18 bits per heavy atom. The number of aromatic nitrogens is 5. The van der Waals surface area contributed by atoms with Crippen molar-refractivity contribution in [2.75, 3.05) is 18.4 Å². The highest BCUT2D eigenvalue weighted by Crippen LogP contribution is 2.30. The first-order valence-electron chi connectivity index (χ1n) is 10.8. The molecule has 34 heavy (non-hydrogen) atoms. The van der Waals surface area contributed by atoms with Gasteiger partial charge in [0.2, 0.25) is 5.95 Å². The van der Waals surface area contributed by atoms with E-state index in [2.05, 4.69) is 25.5 Å². The Bertz CT molecular complexity index is 1150. The number of rotatable bonds is 5. The average molecular weight is 477 g/mol. The van der Waals surface area contributed by atoms with E-state index < -0.39 is 17.6 Å². The van der Waals surface area contributed by atoms with Crippen molar-refractivity contribution in [3.8, 4) is 5.69 Å². The molecule has 3 heterocycles. The maximum atomic E-state index is 14.9. The van der Waals surface area contributed by atoms with Crippen LogP contribution in [0.2, 0.25) is 0 Å². The molecule has 1 aliphatic rings. The van der Waals surface area contributed by atoms with Crippen LogP contribution in [0.1, 0.15) is 41.3 Å². The molecule has 4 rings (SSSR count). The fraction of sp³-hybridized carbons (Fsp3) is 0.409. The number of alkyl halides is 3. The second kappa shape index (κ2) is 9.35. The van der Waals surface area contributed by atoms with Crippen molar-refractivity contribution < 1.29 is 22.4 Å². The molecule has 0 spiro atoms. The van der Waals surface area contributed by atoms with Crippen LogP contribution < -0.4 is 5.32 Å². The molecule has 0 radical (unpaired) electrons. The Morgan fingerprint density at radius 2 is 1.85 bits per heavy atom. The summed E-state index contributed by atoms with van der Waals surface area (Å²) < 4.78 is 53.2. The minimum absolute atomic E-state index is 0.0289. The summed E-state index contributed by atoms with van der Waals surface area (Å²) in [4.78, 5) is 23.9. The van der Waals surface area contributed by atoms with E-state index in [9.17, 15) is 22.4 Å². The molecule has 3 aromatic rings. The average Bonchev–Trinajstić information content (AvgIpc) is 3.31. The zero-order valence-electron chi connectivity index (χ0n) is 18.6. The van der Waals surface area contributed by atoms with E-state index in [1.165, 1.54) is 18.5 Å². The lowest BCUT2D eigenvalue weighted by Crippen LogP contribution is -2.51. The molecule has 0 saturated carbocycles. The first kappa shape index (κ1) is 23.6. The van der Waals surface area contributed by atoms with E-state index in [1.54, 1.807) is 17.9 Å². The molecule has 1 N–H and O–H groups in total. The third kappa shape index (κ3) is 4.85. The predicted octanol–water partition coefficient (Wildman–Crippen LogP) is 3.88. The van der Waals surface area contributed by atoms with Gasteiger partial charge >= 0.3 is 6.18 Å². The molecule has 0 aliphatic carbocycles. The number of carbonyl (C=O) groups excluding carboxylic acids is 1. The molecule has 0 unspecified atom stereocenters. The van der Waals surface area contributed by atoms with Gasteiger partial charge in [-0.15, -0.1) is 4.80 Å². The van der Waals surface area contributed by atoms with Gasteiger partial charge in [0.15, 0.2) is 5.82 Å². The quantitative estimate of drug-likeness (QED) is 0.562. The highest BCUT2D eigenvalue weighted by atomic mass is 19.4. The van der Waals surface area contributed by atoms with Crippen LogP contribution in [0.5, 0.6) is 0 Å². The summed E-state index contributed by atoms with van der Waals surface area (Å²) in [6.45, 7) is 4.36. The second-order valence-corrected chi connectivity index (χ2v) is 8.32. The van der Waals surface area contributed by atoms with Gasteiger partial charge < -0.3 is 10.2 Å². The van der Waals surface area contributed by atoms with Gasteiger partial charge in [0.1, 0.15) is 5.69 Å². The SMILES string of the molecule is Cc1cc(F)c(-n2nccn2)c(C(=O)N2CCC[C@@H](C)[C@H]2CNc2ncc(C(F)(F)F)cn2)c1. The third-order valence-electron chi connectivity index (χ3n) is 5.88. The minimum atomic E-state index is -4.52. The van der Waals surface area contributed by atoms with Crippen molar-refractivity contribution in [2.45, 2.75) is 38.9 Å². The van der Waals surface area contributed by atoms with E-state index >= 15 is 0 Å². The zero-order chi connectivity index (χ0) is 24.5. The van der Waals surface area contributed by atoms with Crippen LogP contribution in [0.15, 0.2) is 36.9 Å². The van der Waals surface area contributed by atoms with Crippen LogP contribution in [-0.4, -0.2) is 54.9 Å². The molecular formula is C22H23F4N7O. The summed E-state index contributed by atoms with van der Waals surface area (Å²) >= 11 is 0. The Morgan fingerprint density at radius 3 is 2.50 bits per heavy atom. The highest BCUT2D eigenvalue weighted by Gasteiger charge is 2.35. The fourth-order valence-corrected chi connectivity index (χ4v) is 4.16. The van der Waals surface area contributed by atoms with E-state index in [0.29, 0.717) is 24.5 Å². The molecule has 0 bridgehead atoms. The normalized spacial score (nSPS) is 18.7. The summed E-state index contributed by atoms with van der Waals surface area (Å²) in [6.07, 6.45) is 1.32. The summed E-state index contributed by atoms with van der Waals surface area (Å²) in [5.41, 5.74) is -0.257. The number of piperidine rings is 1. The van der Waals surface area contributed by atoms with Crippen molar-refractivity contribution >= 4 is 11.9 Å². The number of nitrogens with zero attached hydrogens (tertiary/aromatic N) is 6. The van der Waals surface area contributed by atoms with E-state index in [-0.39, 0.29) is 41.6 Å². The molecule has 1 aliphatic heterocycles. The largest absolute Gasteiger partial charge is 0.419 e. The number of carbonyl (C=O) groups is 1. The minimum Gasteiger partial charge on any atom is -0.352 e. The highest BCUT2D eigenvalue weighted by molar-refractivity contribution is 5.98. The first-order valence-corrected chi connectivity index (χ1v) is 10.8. The van der Waals surface area contributed by atoms with Crippen LogP contribution in [0.4, 0.5) is 23.5 Å². The van der Waals surface area contributed by atoms with Gasteiger partial charge in [-0.2, -0.15) is 23.4 Å². The van der Waals surface area contributed by atoms with Crippen molar-refractivity contribution in [3.63, 3.8) is 0 Å². The lowest BCUT2D eigenvalue weighted by atomic mass is 9.89. The zero-order valence-corrected chi connectivity index (χ0v) is 18.6. The Hall–Kier alpha value is -3.57. The molecule has 2 aromatic heterocycles. The summed E-state index contributed by atoms with van der Waals surface area (Å²) in [5.74, 6) is -0.874. The van der Waals surface area contributed by atoms with E-state index in [1.807, 2.05) is 6.92 Å². The molecule has 1 aromatic carbocycles. The van der Waals surface area contributed by atoms with Gasteiger partial charge in [-0.05, 0) is 43.4 Å². The molecule has 1 saturated heterocycles. The summed E-state index contributed by atoms with van der Waals surface area (Å²) in [7, 11) is 0. The van der Waals surface area contributed by atoms with Crippen molar-refractivity contribution in [2.24, 2.45) is 5.92 Å². The number of anilines is 1. The van der Waals surface area contributed by atoms with Gasteiger partial charge in [0.25, 0.3) is 5.91 Å². The van der Waals surface area contributed by atoms with Gasteiger partial charge in [-0.25, -0.2) is 14.4 Å². The molecule has 180 valence electrons. The van der Waals surface area contributed by atoms with Gasteiger partial charge in [-0.3, -0.25) is 4.79 Å². The molecule has 8 nitrogen and oxygen atoms in total. The van der Waals surface area contributed by atoms with Crippen molar-refractivity contribution in [3.05, 3.63) is 59.4 Å². The number of hydrogen-bond acceptors (Lipinski definition) is 6. The third-order valence-corrected chi connectivity index (χ3v) is 5.88. The van der Waals surface area contributed by atoms with E-state index in [0.717, 1.165) is 17.6 Å². The van der Waals surface area contributed by atoms with Crippen LogP contribution >= 0.6 is 0 Å².